The second-order valence-corrected chi connectivity index (χ2v) is 5.15. The third-order valence-electron chi connectivity index (χ3n) is 3.96. The highest BCUT2D eigenvalue weighted by Crippen LogP contribution is 2.36. The molecule has 1 aromatic carbocycles. The number of nitrogens with two attached hydrogens (primary N) is 1. The quantitative estimate of drug-likeness (QED) is 0.937. The van der Waals surface area contributed by atoms with Crippen molar-refractivity contribution in [2.24, 2.45) is 5.73 Å². The van der Waals surface area contributed by atoms with Gasteiger partial charge in [0.2, 0.25) is 0 Å². The summed E-state index contributed by atoms with van der Waals surface area (Å²) < 4.78 is 5.73. The molecule has 1 aromatic heterocycles. The minimum atomic E-state index is 0.157. The third kappa shape index (κ3) is 2.59. The number of hydrogen-bond acceptors (Lipinski definition) is 4. The number of anilines is 1. The van der Waals surface area contributed by atoms with Gasteiger partial charge in [0, 0.05) is 19.3 Å². The highest BCUT2D eigenvalue weighted by atomic mass is 16.5. The molecule has 1 atom stereocenters. The molecular formula is C17H21N3O. The molecule has 1 unspecified atom stereocenters. The van der Waals surface area contributed by atoms with Gasteiger partial charge in [0.25, 0.3) is 0 Å². The topological polar surface area (TPSA) is 51.4 Å². The van der Waals surface area contributed by atoms with E-state index < -0.39 is 0 Å². The van der Waals surface area contributed by atoms with E-state index in [4.69, 9.17) is 10.5 Å². The summed E-state index contributed by atoms with van der Waals surface area (Å²) >= 11 is 0. The van der Waals surface area contributed by atoms with Gasteiger partial charge in [-0.15, -0.1) is 0 Å². The molecule has 4 nitrogen and oxygen atoms in total. The Morgan fingerprint density at radius 3 is 2.95 bits per heavy atom. The van der Waals surface area contributed by atoms with Crippen LogP contribution in [-0.2, 0) is 6.42 Å². The summed E-state index contributed by atoms with van der Waals surface area (Å²) in [6.45, 7) is 4.11. The van der Waals surface area contributed by atoms with Gasteiger partial charge in [-0.1, -0.05) is 24.3 Å². The molecule has 0 amide bonds. The molecular weight excluding hydrogens is 262 g/mol. The molecule has 2 heterocycles. The lowest BCUT2D eigenvalue weighted by Gasteiger charge is -2.38. The number of aromatic nitrogens is 1. The monoisotopic (exact) mass is 283 g/mol. The van der Waals surface area contributed by atoms with Crippen LogP contribution in [-0.4, -0.2) is 24.7 Å². The smallest absolute Gasteiger partial charge is 0.171 e. The second-order valence-electron chi connectivity index (χ2n) is 5.15. The van der Waals surface area contributed by atoms with Gasteiger partial charge in [0.15, 0.2) is 11.6 Å². The number of pyridine rings is 1. The van der Waals surface area contributed by atoms with Crippen LogP contribution in [0.15, 0.2) is 42.6 Å². The molecule has 0 radical (unpaired) electrons. The number of rotatable bonds is 4. The molecule has 2 aromatic rings. The van der Waals surface area contributed by atoms with E-state index >= 15 is 0 Å². The maximum Gasteiger partial charge on any atom is 0.171 e. The summed E-state index contributed by atoms with van der Waals surface area (Å²) in [5.41, 5.74) is 8.75. The van der Waals surface area contributed by atoms with Crippen molar-refractivity contribution in [2.75, 3.05) is 24.6 Å². The lowest BCUT2D eigenvalue weighted by molar-refractivity contribution is 0.337. The molecule has 0 aliphatic carbocycles. The standard InChI is InChI=1S/C17H21N3O/c1-2-21-16-8-5-10-19-17(16)20-11-9-13-6-3-4-7-14(13)15(20)12-18/h3-8,10,15H,2,9,11-12,18H2,1H3. The Morgan fingerprint density at radius 1 is 1.29 bits per heavy atom. The Bertz CT molecular complexity index is 614. The van der Waals surface area contributed by atoms with Crippen molar-refractivity contribution in [3.8, 4) is 5.75 Å². The summed E-state index contributed by atoms with van der Waals surface area (Å²) in [5, 5.41) is 0. The van der Waals surface area contributed by atoms with Crippen molar-refractivity contribution in [1.29, 1.82) is 0 Å². The van der Waals surface area contributed by atoms with Gasteiger partial charge in [-0.05, 0) is 36.6 Å². The van der Waals surface area contributed by atoms with Crippen LogP contribution in [0.2, 0.25) is 0 Å². The van der Waals surface area contributed by atoms with Gasteiger partial charge in [0.05, 0.1) is 12.6 Å². The maximum absolute atomic E-state index is 6.06. The van der Waals surface area contributed by atoms with Gasteiger partial charge in [-0.3, -0.25) is 0 Å². The summed E-state index contributed by atoms with van der Waals surface area (Å²) in [6.07, 6.45) is 2.82. The summed E-state index contributed by atoms with van der Waals surface area (Å²) in [7, 11) is 0. The van der Waals surface area contributed by atoms with E-state index in [0.717, 1.165) is 24.5 Å². The molecule has 0 saturated carbocycles. The van der Waals surface area contributed by atoms with Crippen LogP contribution < -0.4 is 15.4 Å². The van der Waals surface area contributed by atoms with Crippen molar-refractivity contribution in [3.05, 3.63) is 53.7 Å². The van der Waals surface area contributed by atoms with Gasteiger partial charge < -0.3 is 15.4 Å². The molecule has 2 N–H and O–H groups in total. The van der Waals surface area contributed by atoms with Crippen molar-refractivity contribution in [2.45, 2.75) is 19.4 Å². The van der Waals surface area contributed by atoms with E-state index in [9.17, 15) is 0 Å². The molecule has 0 saturated heterocycles. The average Bonchev–Trinajstić information content (AvgIpc) is 2.54. The first-order chi connectivity index (χ1) is 10.3. The van der Waals surface area contributed by atoms with Crippen LogP contribution in [0, 0.1) is 0 Å². The molecule has 1 aliphatic heterocycles. The van der Waals surface area contributed by atoms with Crippen LogP contribution in [0.25, 0.3) is 0 Å². The molecule has 4 heteroatoms. The van der Waals surface area contributed by atoms with Gasteiger partial charge >= 0.3 is 0 Å². The fourth-order valence-electron chi connectivity index (χ4n) is 3.03. The van der Waals surface area contributed by atoms with Crippen molar-refractivity contribution in [3.63, 3.8) is 0 Å². The third-order valence-corrected chi connectivity index (χ3v) is 3.96. The number of ether oxygens (including phenoxy) is 1. The Hall–Kier alpha value is -2.07. The SMILES string of the molecule is CCOc1cccnc1N1CCc2ccccc2C1CN. The number of benzene rings is 1. The molecule has 0 fully saturated rings. The van der Waals surface area contributed by atoms with E-state index in [0.29, 0.717) is 13.2 Å². The first-order valence-corrected chi connectivity index (χ1v) is 7.47. The fraction of sp³-hybridized carbons (Fsp3) is 0.353. The normalized spacial score (nSPS) is 17.4. The van der Waals surface area contributed by atoms with E-state index in [1.54, 1.807) is 0 Å². The minimum Gasteiger partial charge on any atom is -0.490 e. The Balaban J connectivity index is 2.00. The van der Waals surface area contributed by atoms with Crippen LogP contribution in [0.3, 0.4) is 0 Å². The summed E-state index contributed by atoms with van der Waals surface area (Å²) in [4.78, 5) is 6.81. The van der Waals surface area contributed by atoms with Gasteiger partial charge in [-0.2, -0.15) is 0 Å². The van der Waals surface area contributed by atoms with E-state index in [2.05, 4.69) is 34.1 Å². The first kappa shape index (κ1) is 13.9. The maximum atomic E-state index is 6.06. The number of hydrogen-bond donors (Lipinski definition) is 1. The number of fused-ring (bicyclic) bond motifs is 1. The highest BCUT2D eigenvalue weighted by molar-refractivity contribution is 5.56. The van der Waals surface area contributed by atoms with E-state index in [-0.39, 0.29) is 6.04 Å². The fourth-order valence-corrected chi connectivity index (χ4v) is 3.03. The second kappa shape index (κ2) is 6.14. The summed E-state index contributed by atoms with van der Waals surface area (Å²) in [6, 6.07) is 12.6. The summed E-state index contributed by atoms with van der Waals surface area (Å²) in [5.74, 6) is 1.72. The van der Waals surface area contributed by atoms with Crippen molar-refractivity contribution < 1.29 is 4.74 Å². The van der Waals surface area contributed by atoms with E-state index in [1.165, 1.54) is 11.1 Å². The average molecular weight is 283 g/mol. The van der Waals surface area contributed by atoms with Gasteiger partial charge in [-0.25, -0.2) is 4.98 Å². The van der Waals surface area contributed by atoms with Crippen LogP contribution in [0.5, 0.6) is 5.75 Å². The highest BCUT2D eigenvalue weighted by Gasteiger charge is 2.28. The lowest BCUT2D eigenvalue weighted by atomic mass is 9.92. The zero-order valence-electron chi connectivity index (χ0n) is 12.3. The molecule has 3 rings (SSSR count). The first-order valence-electron chi connectivity index (χ1n) is 7.47. The molecule has 110 valence electrons. The Morgan fingerprint density at radius 2 is 2.14 bits per heavy atom. The van der Waals surface area contributed by atoms with Crippen molar-refractivity contribution in [1.82, 2.24) is 4.98 Å². The number of nitrogens with zero attached hydrogens (tertiary/aromatic N) is 2. The lowest BCUT2D eigenvalue weighted by Crippen LogP contribution is -2.40. The largest absolute Gasteiger partial charge is 0.490 e. The molecule has 1 aliphatic rings. The van der Waals surface area contributed by atoms with E-state index in [1.807, 2.05) is 25.3 Å². The van der Waals surface area contributed by atoms with Crippen molar-refractivity contribution >= 4 is 5.82 Å². The van der Waals surface area contributed by atoms with Gasteiger partial charge in [0.1, 0.15) is 0 Å². The predicted molar refractivity (Wildman–Crippen MR) is 84.7 cm³/mol. The zero-order chi connectivity index (χ0) is 14.7. The molecule has 0 bridgehead atoms. The predicted octanol–water partition coefficient (Wildman–Crippen LogP) is 2.54. The van der Waals surface area contributed by atoms with Crippen LogP contribution in [0.4, 0.5) is 5.82 Å². The van der Waals surface area contributed by atoms with Crippen LogP contribution >= 0.6 is 0 Å². The molecule has 21 heavy (non-hydrogen) atoms. The minimum absolute atomic E-state index is 0.157. The van der Waals surface area contributed by atoms with Crippen LogP contribution in [0.1, 0.15) is 24.1 Å². The Kier molecular flexibility index (Phi) is 4.06. The Labute approximate surface area is 125 Å². The molecule has 0 spiro atoms. The zero-order valence-corrected chi connectivity index (χ0v) is 12.3.